The Labute approximate surface area is 194 Å². The van der Waals surface area contributed by atoms with Crippen molar-refractivity contribution in [2.45, 2.75) is 6.10 Å². The zero-order valence-electron chi connectivity index (χ0n) is 18.1. The predicted octanol–water partition coefficient (Wildman–Crippen LogP) is 3.78. The molecule has 3 aromatic carbocycles. The van der Waals surface area contributed by atoms with Gasteiger partial charge in [0.25, 0.3) is 0 Å². The summed E-state index contributed by atoms with van der Waals surface area (Å²) in [5.74, 6) is -0.0869. The zero-order valence-corrected chi connectivity index (χ0v) is 19.0. The molecule has 8 heteroatoms. The second-order valence-corrected chi connectivity index (χ2v) is 8.86. The summed E-state index contributed by atoms with van der Waals surface area (Å²) in [7, 11) is 3.75. The molecule has 4 aromatic rings. The third-order valence-corrected chi connectivity index (χ3v) is 6.22. The van der Waals surface area contributed by atoms with E-state index in [1.807, 2.05) is 25.1 Å². The van der Waals surface area contributed by atoms with Gasteiger partial charge in [0.15, 0.2) is 5.43 Å². The highest BCUT2D eigenvalue weighted by Crippen LogP contribution is 2.29. The maximum absolute atomic E-state index is 12.8. The second kappa shape index (κ2) is 9.48. The van der Waals surface area contributed by atoms with E-state index in [1.54, 1.807) is 48.5 Å². The van der Waals surface area contributed by atoms with E-state index in [2.05, 4.69) is 0 Å². The normalized spacial score (nSPS) is 12.0. The summed E-state index contributed by atoms with van der Waals surface area (Å²) >= 11 is 1.44. The van der Waals surface area contributed by atoms with Crippen molar-refractivity contribution in [3.63, 3.8) is 0 Å². The first-order chi connectivity index (χ1) is 15.8. The van der Waals surface area contributed by atoms with Gasteiger partial charge in [-0.05, 0) is 54.6 Å². The zero-order chi connectivity index (χ0) is 23.5. The van der Waals surface area contributed by atoms with E-state index < -0.39 is 12.1 Å². The summed E-state index contributed by atoms with van der Waals surface area (Å²) in [6.07, 6.45) is -1.04. The van der Waals surface area contributed by atoms with Gasteiger partial charge in [0.1, 0.15) is 30.8 Å². The smallest absolute Gasteiger partial charge is 0.338 e. The van der Waals surface area contributed by atoms with Crippen molar-refractivity contribution >= 4 is 43.2 Å². The standard InChI is InChI=1S/C25H23NO6S/c1-26(2)16-5-3-4-15(10-16)25(30)32-14-18(28)13-31-19-7-9-23-21(12-19)24(29)20-11-17(27)6-8-22(20)33-23/h3-12,18,27-28H,13-14H2,1-2H3. The molecular weight excluding hydrogens is 442 g/mol. The maximum atomic E-state index is 12.8. The molecule has 0 saturated carbocycles. The van der Waals surface area contributed by atoms with Crippen LogP contribution in [-0.4, -0.2) is 49.6 Å². The van der Waals surface area contributed by atoms with Gasteiger partial charge in [-0.2, -0.15) is 0 Å². The Kier molecular flexibility index (Phi) is 6.48. The third kappa shape index (κ3) is 5.08. The highest BCUT2D eigenvalue weighted by molar-refractivity contribution is 7.24. The minimum Gasteiger partial charge on any atom is -0.508 e. The molecule has 0 fully saturated rings. The monoisotopic (exact) mass is 465 g/mol. The van der Waals surface area contributed by atoms with Gasteiger partial charge in [0.05, 0.1) is 5.56 Å². The third-order valence-electron chi connectivity index (χ3n) is 5.07. The first kappa shape index (κ1) is 22.6. The molecular formula is C25H23NO6S. The Hall–Kier alpha value is -3.62. The molecule has 0 aliphatic rings. The van der Waals surface area contributed by atoms with Gasteiger partial charge in [-0.15, -0.1) is 11.3 Å². The molecule has 1 aromatic heterocycles. The predicted molar refractivity (Wildman–Crippen MR) is 130 cm³/mol. The van der Waals surface area contributed by atoms with Crippen molar-refractivity contribution in [2.75, 3.05) is 32.2 Å². The number of phenols is 1. The van der Waals surface area contributed by atoms with Crippen LogP contribution >= 0.6 is 11.3 Å². The lowest BCUT2D eigenvalue weighted by atomic mass is 10.1. The van der Waals surface area contributed by atoms with Crippen LogP contribution in [0.25, 0.3) is 20.2 Å². The van der Waals surface area contributed by atoms with Gasteiger partial charge >= 0.3 is 5.97 Å². The number of anilines is 1. The highest BCUT2D eigenvalue weighted by Gasteiger charge is 2.14. The van der Waals surface area contributed by atoms with Gasteiger partial charge in [0, 0.05) is 40.0 Å². The lowest BCUT2D eigenvalue weighted by Crippen LogP contribution is -2.25. The fraction of sp³-hybridized carbons (Fsp3) is 0.200. The number of nitrogens with zero attached hydrogens (tertiary/aromatic N) is 1. The summed E-state index contributed by atoms with van der Waals surface area (Å²) in [5.41, 5.74) is 1.06. The molecule has 0 spiro atoms. The van der Waals surface area contributed by atoms with E-state index in [0.717, 1.165) is 15.1 Å². The van der Waals surface area contributed by atoms with Crippen LogP contribution in [0.15, 0.2) is 65.5 Å². The van der Waals surface area contributed by atoms with Crippen molar-refractivity contribution in [1.29, 1.82) is 0 Å². The average molecular weight is 466 g/mol. The SMILES string of the molecule is CN(C)c1cccc(C(=O)OCC(O)COc2ccc3sc4ccc(O)cc4c(=O)c3c2)c1. The maximum Gasteiger partial charge on any atom is 0.338 e. The number of aliphatic hydroxyl groups excluding tert-OH is 1. The molecule has 1 heterocycles. The van der Waals surface area contributed by atoms with Gasteiger partial charge in [-0.25, -0.2) is 4.79 Å². The fourth-order valence-electron chi connectivity index (χ4n) is 3.32. The Morgan fingerprint density at radius 3 is 2.48 bits per heavy atom. The molecule has 1 atom stereocenters. The number of carbonyl (C=O) groups is 1. The van der Waals surface area contributed by atoms with Crippen molar-refractivity contribution < 1.29 is 24.5 Å². The van der Waals surface area contributed by atoms with Crippen molar-refractivity contribution in [1.82, 2.24) is 0 Å². The Balaban J connectivity index is 1.40. The van der Waals surface area contributed by atoms with Crippen LogP contribution in [0, 0.1) is 0 Å². The van der Waals surface area contributed by atoms with Gasteiger partial charge in [0.2, 0.25) is 0 Å². The molecule has 0 amide bonds. The molecule has 33 heavy (non-hydrogen) atoms. The first-order valence-corrected chi connectivity index (χ1v) is 11.1. The van der Waals surface area contributed by atoms with Gasteiger partial charge in [-0.3, -0.25) is 4.79 Å². The number of carbonyl (C=O) groups excluding carboxylic acids is 1. The van der Waals surface area contributed by atoms with E-state index in [0.29, 0.717) is 22.1 Å². The number of esters is 1. The quantitative estimate of drug-likeness (QED) is 0.317. The highest BCUT2D eigenvalue weighted by atomic mass is 32.1. The van der Waals surface area contributed by atoms with E-state index in [4.69, 9.17) is 9.47 Å². The van der Waals surface area contributed by atoms with E-state index in [9.17, 15) is 19.8 Å². The van der Waals surface area contributed by atoms with Gasteiger partial charge in [-0.1, -0.05) is 6.07 Å². The van der Waals surface area contributed by atoms with E-state index in [1.165, 1.54) is 17.4 Å². The minimum absolute atomic E-state index is 0.0321. The summed E-state index contributed by atoms with van der Waals surface area (Å²) in [6.45, 7) is -0.333. The molecule has 1 unspecified atom stereocenters. The molecule has 170 valence electrons. The van der Waals surface area contributed by atoms with Crippen LogP contribution in [0.2, 0.25) is 0 Å². The average Bonchev–Trinajstić information content (AvgIpc) is 2.82. The molecule has 0 saturated heterocycles. The van der Waals surface area contributed by atoms with E-state index >= 15 is 0 Å². The number of aromatic hydroxyl groups is 1. The molecule has 0 bridgehead atoms. The van der Waals surface area contributed by atoms with Crippen LogP contribution in [0.1, 0.15) is 10.4 Å². The van der Waals surface area contributed by atoms with Crippen LogP contribution in [-0.2, 0) is 4.74 Å². The lowest BCUT2D eigenvalue weighted by Gasteiger charge is -2.15. The summed E-state index contributed by atoms with van der Waals surface area (Å²) in [4.78, 5) is 27.0. The summed E-state index contributed by atoms with van der Waals surface area (Å²) in [6, 6.07) is 16.8. The Bertz CT molecular complexity index is 1380. The Morgan fingerprint density at radius 1 is 1.00 bits per heavy atom. The van der Waals surface area contributed by atoms with Crippen LogP contribution in [0.5, 0.6) is 11.5 Å². The van der Waals surface area contributed by atoms with Crippen molar-refractivity contribution in [3.8, 4) is 11.5 Å². The fourth-order valence-corrected chi connectivity index (χ4v) is 4.35. The number of phenolic OH excluding ortho intramolecular Hbond substituents is 1. The van der Waals surface area contributed by atoms with Crippen LogP contribution < -0.4 is 15.1 Å². The summed E-state index contributed by atoms with van der Waals surface area (Å²) < 4.78 is 12.4. The van der Waals surface area contributed by atoms with E-state index in [-0.39, 0.29) is 24.4 Å². The molecule has 0 radical (unpaired) electrons. The Morgan fingerprint density at radius 2 is 1.73 bits per heavy atom. The van der Waals surface area contributed by atoms with Crippen molar-refractivity contribution in [3.05, 3.63) is 76.5 Å². The van der Waals surface area contributed by atoms with Crippen LogP contribution in [0.4, 0.5) is 5.69 Å². The number of ether oxygens (including phenoxy) is 2. The van der Waals surface area contributed by atoms with Gasteiger partial charge < -0.3 is 24.6 Å². The number of rotatable bonds is 7. The van der Waals surface area contributed by atoms with Crippen molar-refractivity contribution in [2.24, 2.45) is 0 Å². The molecule has 2 N–H and O–H groups in total. The number of hydrogen-bond donors (Lipinski definition) is 2. The molecule has 7 nitrogen and oxygen atoms in total. The largest absolute Gasteiger partial charge is 0.508 e. The second-order valence-electron chi connectivity index (χ2n) is 7.78. The number of fused-ring (bicyclic) bond motifs is 2. The minimum atomic E-state index is -1.04. The van der Waals surface area contributed by atoms with Crippen LogP contribution in [0.3, 0.4) is 0 Å². The number of benzene rings is 3. The summed E-state index contributed by atoms with van der Waals surface area (Å²) in [5, 5.41) is 20.8. The topological polar surface area (TPSA) is 96.3 Å². The molecule has 0 aliphatic heterocycles. The number of hydrogen-bond acceptors (Lipinski definition) is 8. The number of aliphatic hydroxyl groups is 1. The molecule has 0 aliphatic carbocycles. The first-order valence-electron chi connectivity index (χ1n) is 10.3. The molecule has 4 rings (SSSR count). The lowest BCUT2D eigenvalue weighted by molar-refractivity contribution is 0.0130.